The number of hydrogen-bond acceptors (Lipinski definition) is 7. The van der Waals surface area contributed by atoms with E-state index in [1.165, 1.54) is 28.8 Å². The van der Waals surface area contributed by atoms with Crippen LogP contribution < -0.4 is 0 Å². The Morgan fingerprint density at radius 2 is 1.87 bits per heavy atom. The third-order valence-electron chi connectivity index (χ3n) is 3.12. The van der Waals surface area contributed by atoms with Crippen LogP contribution in [0.4, 0.5) is 0 Å². The summed E-state index contributed by atoms with van der Waals surface area (Å²) < 4.78 is 5.20. The Balaban J connectivity index is 1.73. The van der Waals surface area contributed by atoms with E-state index in [0.717, 1.165) is 0 Å². The molecule has 23 heavy (non-hydrogen) atoms. The van der Waals surface area contributed by atoms with Gasteiger partial charge in [0.15, 0.2) is 5.69 Å². The smallest absolute Gasteiger partial charge is 0.375 e. The van der Waals surface area contributed by atoms with Crippen LogP contribution in [-0.2, 0) is 16.2 Å². The minimum atomic E-state index is -0.862. The summed E-state index contributed by atoms with van der Waals surface area (Å²) in [5.74, 6) is -2.19. The van der Waals surface area contributed by atoms with E-state index >= 15 is 0 Å². The van der Waals surface area contributed by atoms with E-state index in [1.54, 1.807) is 12.1 Å². The summed E-state index contributed by atoms with van der Waals surface area (Å²) in [4.78, 5) is 45.3. The SMILES string of the molecule is CCOCc1nc(C(=O)ON2C(=O)c3ccccc3C2=O)cs1. The Labute approximate surface area is 135 Å². The van der Waals surface area contributed by atoms with Crippen molar-refractivity contribution < 1.29 is 24.0 Å². The van der Waals surface area contributed by atoms with Crippen LogP contribution in [0.15, 0.2) is 29.6 Å². The molecule has 2 aromatic rings. The highest BCUT2D eigenvalue weighted by Gasteiger charge is 2.39. The standard InChI is InChI=1S/C15H12N2O5S/c1-2-21-7-12-16-11(8-23-12)15(20)22-17-13(18)9-5-3-4-6-10(9)14(17)19/h3-6,8H,2,7H2,1H3. The van der Waals surface area contributed by atoms with Gasteiger partial charge in [-0.15, -0.1) is 11.3 Å². The lowest BCUT2D eigenvalue weighted by molar-refractivity contribution is -0.0588. The largest absolute Gasteiger partial charge is 0.383 e. The van der Waals surface area contributed by atoms with Crippen molar-refractivity contribution in [1.29, 1.82) is 0 Å². The van der Waals surface area contributed by atoms with E-state index in [0.29, 0.717) is 23.3 Å². The second kappa shape index (κ2) is 6.27. The topological polar surface area (TPSA) is 85.8 Å². The molecule has 118 valence electrons. The van der Waals surface area contributed by atoms with E-state index in [2.05, 4.69) is 4.98 Å². The van der Waals surface area contributed by atoms with Gasteiger partial charge >= 0.3 is 5.97 Å². The molecule has 0 saturated heterocycles. The number of hydrogen-bond donors (Lipinski definition) is 0. The van der Waals surface area contributed by atoms with Gasteiger partial charge in [0.2, 0.25) is 0 Å². The summed E-state index contributed by atoms with van der Waals surface area (Å²) in [6.45, 7) is 2.68. The average Bonchev–Trinajstić information content (AvgIpc) is 3.13. The van der Waals surface area contributed by atoms with Gasteiger partial charge in [-0.2, -0.15) is 0 Å². The first kappa shape index (κ1) is 15.3. The molecule has 1 aliphatic heterocycles. The Bertz CT molecular complexity index is 751. The van der Waals surface area contributed by atoms with Crippen molar-refractivity contribution in [1.82, 2.24) is 10.0 Å². The number of aromatic nitrogens is 1. The molecule has 0 radical (unpaired) electrons. The first-order valence-corrected chi connectivity index (χ1v) is 7.72. The van der Waals surface area contributed by atoms with Gasteiger partial charge in [-0.1, -0.05) is 17.2 Å². The summed E-state index contributed by atoms with van der Waals surface area (Å²) in [6.07, 6.45) is 0. The minimum absolute atomic E-state index is 0.0289. The Hall–Kier alpha value is -2.58. The third kappa shape index (κ3) is 2.86. The Kier molecular flexibility index (Phi) is 4.18. The van der Waals surface area contributed by atoms with E-state index < -0.39 is 17.8 Å². The van der Waals surface area contributed by atoms with Gasteiger partial charge in [-0.3, -0.25) is 9.59 Å². The highest BCUT2D eigenvalue weighted by molar-refractivity contribution is 7.09. The monoisotopic (exact) mass is 332 g/mol. The quantitative estimate of drug-likeness (QED) is 0.779. The predicted molar refractivity (Wildman–Crippen MR) is 79.8 cm³/mol. The molecule has 0 saturated carbocycles. The summed E-state index contributed by atoms with van der Waals surface area (Å²) in [5, 5.41) is 2.57. The van der Waals surface area contributed by atoms with Gasteiger partial charge in [0.1, 0.15) is 5.01 Å². The molecule has 0 aliphatic carbocycles. The molecule has 0 spiro atoms. The van der Waals surface area contributed by atoms with Gasteiger partial charge in [0.05, 0.1) is 17.7 Å². The molecule has 3 rings (SSSR count). The number of hydroxylamine groups is 2. The lowest BCUT2D eigenvalue weighted by Crippen LogP contribution is -2.32. The number of ether oxygens (including phenoxy) is 1. The molecule has 0 N–H and O–H groups in total. The summed E-state index contributed by atoms with van der Waals surface area (Å²) in [5.41, 5.74) is 0.447. The molecule has 7 nitrogen and oxygen atoms in total. The van der Waals surface area contributed by atoms with Crippen LogP contribution in [0.5, 0.6) is 0 Å². The Morgan fingerprint density at radius 3 is 2.48 bits per heavy atom. The molecule has 0 fully saturated rings. The van der Waals surface area contributed by atoms with Crippen molar-refractivity contribution in [3.8, 4) is 0 Å². The summed E-state index contributed by atoms with van der Waals surface area (Å²) >= 11 is 1.24. The third-order valence-corrected chi connectivity index (χ3v) is 3.94. The van der Waals surface area contributed by atoms with Crippen molar-refractivity contribution in [2.24, 2.45) is 0 Å². The van der Waals surface area contributed by atoms with Crippen LogP contribution in [0.3, 0.4) is 0 Å². The van der Waals surface area contributed by atoms with Crippen LogP contribution in [0, 0.1) is 0 Å². The molecule has 1 aromatic heterocycles. The molecule has 2 heterocycles. The molecular formula is C15H12N2O5S. The fourth-order valence-corrected chi connectivity index (χ4v) is 2.74. The van der Waals surface area contributed by atoms with Gasteiger partial charge in [-0.25, -0.2) is 9.78 Å². The maximum Gasteiger partial charge on any atom is 0.383 e. The summed E-state index contributed by atoms with van der Waals surface area (Å²) in [7, 11) is 0. The van der Waals surface area contributed by atoms with Crippen LogP contribution in [0.2, 0.25) is 0 Å². The number of fused-ring (bicyclic) bond motifs is 1. The van der Waals surface area contributed by atoms with Gasteiger partial charge in [-0.05, 0) is 19.1 Å². The number of imide groups is 1. The molecule has 2 amide bonds. The van der Waals surface area contributed by atoms with E-state index in [9.17, 15) is 14.4 Å². The zero-order valence-electron chi connectivity index (χ0n) is 12.1. The van der Waals surface area contributed by atoms with E-state index in [-0.39, 0.29) is 16.8 Å². The van der Waals surface area contributed by atoms with Crippen molar-refractivity contribution in [3.63, 3.8) is 0 Å². The van der Waals surface area contributed by atoms with Crippen LogP contribution in [0.1, 0.15) is 43.1 Å². The molecule has 8 heteroatoms. The second-order valence-corrected chi connectivity index (χ2v) is 5.54. The maximum atomic E-state index is 12.1. The molecule has 0 bridgehead atoms. The molecular weight excluding hydrogens is 320 g/mol. The van der Waals surface area contributed by atoms with Gasteiger partial charge < -0.3 is 9.57 Å². The van der Waals surface area contributed by atoms with Crippen molar-refractivity contribution in [2.45, 2.75) is 13.5 Å². The van der Waals surface area contributed by atoms with E-state index in [1.807, 2.05) is 6.92 Å². The van der Waals surface area contributed by atoms with Crippen LogP contribution in [0.25, 0.3) is 0 Å². The van der Waals surface area contributed by atoms with Crippen LogP contribution in [-0.4, -0.2) is 34.4 Å². The lowest BCUT2D eigenvalue weighted by Gasteiger charge is -2.11. The molecule has 1 aromatic carbocycles. The second-order valence-electron chi connectivity index (χ2n) is 4.59. The number of carbonyl (C=O) groups excluding carboxylic acids is 3. The number of rotatable bonds is 5. The predicted octanol–water partition coefficient (Wildman–Crippen LogP) is 2.05. The minimum Gasteiger partial charge on any atom is -0.375 e. The molecule has 0 unspecified atom stereocenters. The fraction of sp³-hybridized carbons (Fsp3) is 0.200. The number of amides is 2. The zero-order chi connectivity index (χ0) is 16.4. The highest BCUT2D eigenvalue weighted by Crippen LogP contribution is 2.23. The molecule has 1 aliphatic rings. The first-order chi connectivity index (χ1) is 11.1. The van der Waals surface area contributed by atoms with Gasteiger partial charge in [0.25, 0.3) is 11.8 Å². The number of carbonyl (C=O) groups is 3. The van der Waals surface area contributed by atoms with E-state index in [4.69, 9.17) is 9.57 Å². The maximum absolute atomic E-state index is 12.1. The van der Waals surface area contributed by atoms with Crippen molar-refractivity contribution in [3.05, 3.63) is 51.5 Å². The number of benzene rings is 1. The van der Waals surface area contributed by atoms with Crippen molar-refractivity contribution >= 4 is 29.1 Å². The normalized spacial score (nSPS) is 13.3. The summed E-state index contributed by atoms with van der Waals surface area (Å²) in [6, 6.07) is 6.28. The van der Waals surface area contributed by atoms with Gasteiger partial charge in [0, 0.05) is 12.0 Å². The van der Waals surface area contributed by atoms with Crippen molar-refractivity contribution in [2.75, 3.05) is 6.61 Å². The Morgan fingerprint density at radius 1 is 1.22 bits per heavy atom. The average molecular weight is 332 g/mol. The van der Waals surface area contributed by atoms with Crippen LogP contribution >= 0.6 is 11.3 Å². The zero-order valence-corrected chi connectivity index (χ0v) is 13.0. The number of thiazole rings is 1. The fourth-order valence-electron chi connectivity index (χ4n) is 2.04. The number of nitrogens with zero attached hydrogens (tertiary/aromatic N) is 2. The lowest BCUT2D eigenvalue weighted by atomic mass is 10.1. The molecule has 0 atom stereocenters. The first-order valence-electron chi connectivity index (χ1n) is 6.84. The highest BCUT2D eigenvalue weighted by atomic mass is 32.1.